The highest BCUT2D eigenvalue weighted by Gasteiger charge is 2.20. The van der Waals surface area contributed by atoms with Gasteiger partial charge in [0.15, 0.2) is 0 Å². The molecule has 0 spiro atoms. The van der Waals surface area contributed by atoms with E-state index in [1.165, 1.54) is 5.69 Å². The number of nitrogens with zero attached hydrogens (tertiary/aromatic N) is 2. The lowest BCUT2D eigenvalue weighted by Gasteiger charge is -2.36. The Hall–Kier alpha value is -2.12. The van der Waals surface area contributed by atoms with Gasteiger partial charge in [0.1, 0.15) is 0 Å². The third-order valence-corrected chi connectivity index (χ3v) is 4.65. The summed E-state index contributed by atoms with van der Waals surface area (Å²) in [5, 5.41) is 2.82. The fourth-order valence-corrected chi connectivity index (χ4v) is 3.02. The minimum absolute atomic E-state index is 0.0915. The standard InChI is InChI=1S/C19H30N4O3/c1-26-17(15-20)14-18(24)21-9-5-8-19(25)23-12-10-22(11-13-23)16-6-3-2-4-7-16/h2-4,6-7,17H,5,8-15,20H2,1H3,(H,21,24). The van der Waals surface area contributed by atoms with Crippen LogP contribution in [0.3, 0.4) is 0 Å². The van der Waals surface area contributed by atoms with E-state index in [1.807, 2.05) is 23.1 Å². The van der Waals surface area contributed by atoms with Gasteiger partial charge in [-0.1, -0.05) is 18.2 Å². The van der Waals surface area contributed by atoms with Crippen molar-refractivity contribution < 1.29 is 14.3 Å². The number of para-hydroxylation sites is 1. The summed E-state index contributed by atoms with van der Waals surface area (Å²) in [7, 11) is 1.54. The number of hydrogen-bond acceptors (Lipinski definition) is 5. The van der Waals surface area contributed by atoms with Crippen molar-refractivity contribution in [2.75, 3.05) is 51.3 Å². The molecule has 7 nitrogen and oxygen atoms in total. The first kappa shape index (κ1) is 20.2. The van der Waals surface area contributed by atoms with Crippen molar-refractivity contribution in [3.05, 3.63) is 30.3 Å². The summed E-state index contributed by atoms with van der Waals surface area (Å²) in [5.41, 5.74) is 6.70. The molecule has 1 aliphatic rings. The molecule has 2 rings (SSSR count). The predicted molar refractivity (Wildman–Crippen MR) is 102 cm³/mol. The maximum absolute atomic E-state index is 12.3. The first-order chi connectivity index (χ1) is 12.6. The van der Waals surface area contributed by atoms with Gasteiger partial charge in [0.05, 0.1) is 12.5 Å². The van der Waals surface area contributed by atoms with E-state index in [2.05, 4.69) is 22.3 Å². The Bertz CT molecular complexity index is 555. The third kappa shape index (κ3) is 6.31. The number of amides is 2. The SMILES string of the molecule is COC(CN)CC(=O)NCCCC(=O)N1CCN(c2ccccc2)CC1. The molecule has 2 amide bonds. The molecule has 7 heteroatoms. The molecule has 0 aromatic heterocycles. The summed E-state index contributed by atoms with van der Waals surface area (Å²) >= 11 is 0. The Morgan fingerprint density at radius 3 is 2.50 bits per heavy atom. The zero-order valence-corrected chi connectivity index (χ0v) is 15.5. The van der Waals surface area contributed by atoms with Crippen LogP contribution in [0.2, 0.25) is 0 Å². The van der Waals surface area contributed by atoms with Crippen LogP contribution < -0.4 is 16.0 Å². The maximum Gasteiger partial charge on any atom is 0.222 e. The molecule has 1 aliphatic heterocycles. The quantitative estimate of drug-likeness (QED) is 0.628. The minimum Gasteiger partial charge on any atom is -0.380 e. The number of carbonyl (C=O) groups is 2. The second-order valence-corrected chi connectivity index (χ2v) is 6.45. The van der Waals surface area contributed by atoms with E-state index < -0.39 is 0 Å². The number of methoxy groups -OCH3 is 1. The van der Waals surface area contributed by atoms with Gasteiger partial charge in [-0.3, -0.25) is 9.59 Å². The van der Waals surface area contributed by atoms with Crippen LogP contribution in [0.4, 0.5) is 5.69 Å². The Morgan fingerprint density at radius 2 is 1.88 bits per heavy atom. The molecule has 1 unspecified atom stereocenters. The first-order valence-electron chi connectivity index (χ1n) is 9.21. The summed E-state index contributed by atoms with van der Waals surface area (Å²) in [5.74, 6) is 0.0647. The highest BCUT2D eigenvalue weighted by molar-refractivity contribution is 5.77. The number of rotatable bonds is 9. The molecular formula is C19H30N4O3. The number of nitrogens with two attached hydrogens (primary N) is 1. The molecule has 0 radical (unpaired) electrons. The van der Waals surface area contributed by atoms with E-state index >= 15 is 0 Å². The number of anilines is 1. The Morgan fingerprint density at radius 1 is 1.19 bits per heavy atom. The topological polar surface area (TPSA) is 87.9 Å². The van der Waals surface area contributed by atoms with E-state index in [0.717, 1.165) is 26.2 Å². The Kier molecular flexibility index (Phi) is 8.37. The molecule has 0 aliphatic carbocycles. The molecule has 1 saturated heterocycles. The van der Waals surface area contributed by atoms with E-state index in [9.17, 15) is 9.59 Å². The molecule has 3 N–H and O–H groups in total. The van der Waals surface area contributed by atoms with Gasteiger partial charge < -0.3 is 25.6 Å². The molecular weight excluding hydrogens is 332 g/mol. The van der Waals surface area contributed by atoms with E-state index in [4.69, 9.17) is 10.5 Å². The van der Waals surface area contributed by atoms with Crippen molar-refractivity contribution >= 4 is 17.5 Å². The van der Waals surface area contributed by atoms with Crippen LogP contribution in [-0.2, 0) is 14.3 Å². The van der Waals surface area contributed by atoms with Crippen molar-refractivity contribution in [1.29, 1.82) is 0 Å². The normalized spacial score (nSPS) is 15.6. The lowest BCUT2D eigenvalue weighted by molar-refractivity contribution is -0.132. The summed E-state index contributed by atoms with van der Waals surface area (Å²) in [4.78, 5) is 28.3. The first-order valence-corrected chi connectivity index (χ1v) is 9.21. The van der Waals surface area contributed by atoms with Crippen LogP contribution in [0.5, 0.6) is 0 Å². The number of benzene rings is 1. The fourth-order valence-electron chi connectivity index (χ4n) is 3.02. The van der Waals surface area contributed by atoms with Crippen LogP contribution in [0, 0.1) is 0 Å². The molecule has 26 heavy (non-hydrogen) atoms. The van der Waals surface area contributed by atoms with Gasteiger partial charge in [-0.05, 0) is 18.6 Å². The van der Waals surface area contributed by atoms with Gasteiger partial charge in [-0.2, -0.15) is 0 Å². The van der Waals surface area contributed by atoms with Gasteiger partial charge in [-0.15, -0.1) is 0 Å². The van der Waals surface area contributed by atoms with E-state index in [1.54, 1.807) is 7.11 Å². The number of carbonyl (C=O) groups excluding carboxylic acids is 2. The second kappa shape index (κ2) is 10.8. The third-order valence-electron chi connectivity index (χ3n) is 4.65. The molecule has 144 valence electrons. The number of ether oxygens (including phenoxy) is 1. The number of piperazine rings is 1. The van der Waals surface area contributed by atoms with Crippen LogP contribution >= 0.6 is 0 Å². The minimum atomic E-state index is -0.252. The molecule has 1 aromatic carbocycles. The highest BCUT2D eigenvalue weighted by Crippen LogP contribution is 2.16. The monoisotopic (exact) mass is 362 g/mol. The molecule has 0 bridgehead atoms. The lowest BCUT2D eigenvalue weighted by atomic mass is 10.2. The molecule has 1 aromatic rings. The summed E-state index contributed by atoms with van der Waals surface area (Å²) in [6.45, 7) is 4.00. The van der Waals surface area contributed by atoms with Crippen LogP contribution in [0.1, 0.15) is 19.3 Å². The zero-order chi connectivity index (χ0) is 18.8. The second-order valence-electron chi connectivity index (χ2n) is 6.45. The molecule has 1 atom stereocenters. The van der Waals surface area contributed by atoms with Gasteiger partial charge in [-0.25, -0.2) is 0 Å². The van der Waals surface area contributed by atoms with Crippen LogP contribution in [0.25, 0.3) is 0 Å². The lowest BCUT2D eigenvalue weighted by Crippen LogP contribution is -2.48. The average molecular weight is 362 g/mol. The van der Waals surface area contributed by atoms with Crippen molar-refractivity contribution in [1.82, 2.24) is 10.2 Å². The summed E-state index contributed by atoms with van der Waals surface area (Å²) in [6.07, 6.45) is 1.10. The van der Waals surface area contributed by atoms with Gasteiger partial charge >= 0.3 is 0 Å². The highest BCUT2D eigenvalue weighted by atomic mass is 16.5. The maximum atomic E-state index is 12.3. The van der Waals surface area contributed by atoms with E-state index in [0.29, 0.717) is 25.9 Å². The predicted octanol–water partition coefficient (Wildman–Crippen LogP) is 0.595. The van der Waals surface area contributed by atoms with Crippen molar-refractivity contribution in [2.24, 2.45) is 5.73 Å². The zero-order valence-electron chi connectivity index (χ0n) is 15.5. The van der Waals surface area contributed by atoms with Crippen molar-refractivity contribution in [2.45, 2.75) is 25.4 Å². The van der Waals surface area contributed by atoms with Gasteiger partial charge in [0.2, 0.25) is 11.8 Å². The van der Waals surface area contributed by atoms with Crippen molar-refractivity contribution in [3.8, 4) is 0 Å². The average Bonchev–Trinajstić information content (AvgIpc) is 2.70. The molecule has 0 saturated carbocycles. The van der Waals surface area contributed by atoms with Crippen molar-refractivity contribution in [3.63, 3.8) is 0 Å². The van der Waals surface area contributed by atoms with Gasteiger partial charge in [0.25, 0.3) is 0 Å². The molecule has 1 heterocycles. The van der Waals surface area contributed by atoms with E-state index in [-0.39, 0.29) is 24.3 Å². The van der Waals surface area contributed by atoms with Crippen LogP contribution in [0.15, 0.2) is 30.3 Å². The van der Waals surface area contributed by atoms with Gasteiger partial charge in [0, 0.05) is 58.5 Å². The van der Waals surface area contributed by atoms with Crippen LogP contribution in [-0.4, -0.2) is 69.2 Å². The smallest absolute Gasteiger partial charge is 0.222 e. The summed E-state index contributed by atoms with van der Waals surface area (Å²) < 4.78 is 5.08. The fraction of sp³-hybridized carbons (Fsp3) is 0.579. The largest absolute Gasteiger partial charge is 0.380 e. The molecule has 1 fully saturated rings. The number of hydrogen-bond donors (Lipinski definition) is 2. The Balaban J connectivity index is 1.61. The summed E-state index contributed by atoms with van der Waals surface area (Å²) in [6, 6.07) is 10.3. The Labute approximate surface area is 155 Å². The number of nitrogens with one attached hydrogen (secondary N) is 1.